The van der Waals surface area contributed by atoms with Crippen LogP contribution in [0, 0.1) is 0 Å². The molecule has 1 rings (SSSR count). The van der Waals surface area contributed by atoms with Gasteiger partial charge in [0, 0.05) is 33.1 Å². The van der Waals surface area contributed by atoms with Crippen LogP contribution in [0.25, 0.3) is 0 Å². The fourth-order valence-corrected chi connectivity index (χ4v) is 1.39. The lowest BCUT2D eigenvalue weighted by Crippen LogP contribution is -2.31. The Morgan fingerprint density at radius 3 is 2.45 bits per heavy atom. The first-order valence-electron chi connectivity index (χ1n) is 6.35. The molecule has 1 heterocycles. The van der Waals surface area contributed by atoms with Crippen LogP contribution in [-0.4, -0.2) is 47.5 Å². The number of carbonyl (C=O) groups excluding carboxylic acids is 1. The molecule has 0 aliphatic carbocycles. The van der Waals surface area contributed by atoms with E-state index in [2.05, 4.69) is 31.0 Å². The maximum Gasteiger partial charge on any atom is 0.243 e. The highest BCUT2D eigenvalue weighted by Crippen LogP contribution is 2.10. The molecule has 5 N–H and O–H groups in total. The number of aromatic nitrogens is 3. The third kappa shape index (κ3) is 5.22. The van der Waals surface area contributed by atoms with E-state index in [0.29, 0.717) is 24.9 Å². The molecular formula is C11H22N8O. The van der Waals surface area contributed by atoms with E-state index in [4.69, 9.17) is 5.84 Å². The topological polar surface area (TPSA) is 121 Å². The second kappa shape index (κ2) is 7.43. The molecule has 0 saturated carbocycles. The standard InChI is InChI=1S/C11H22N8O/c1-7(2)14-8(20)5-6-13-9-15-10(18-12)17-11(16-9)19(3)4/h7H,5-6,12H2,1-4H3,(H,14,20)(H2,13,15,16,17,18). The predicted octanol–water partition coefficient (Wildman–Crippen LogP) is -0.450. The zero-order valence-corrected chi connectivity index (χ0v) is 12.3. The van der Waals surface area contributed by atoms with Crippen LogP contribution < -0.4 is 26.8 Å². The van der Waals surface area contributed by atoms with E-state index < -0.39 is 0 Å². The molecule has 0 unspecified atom stereocenters. The fraction of sp³-hybridized carbons (Fsp3) is 0.636. The number of hydrogen-bond acceptors (Lipinski definition) is 8. The molecule has 1 aromatic rings. The van der Waals surface area contributed by atoms with Crippen LogP contribution in [0.3, 0.4) is 0 Å². The lowest BCUT2D eigenvalue weighted by molar-refractivity contribution is -0.121. The zero-order valence-electron chi connectivity index (χ0n) is 12.3. The molecule has 0 aliphatic rings. The summed E-state index contributed by atoms with van der Waals surface area (Å²) in [5.41, 5.74) is 2.38. The molecule has 9 nitrogen and oxygen atoms in total. The normalized spacial score (nSPS) is 10.3. The number of rotatable bonds is 7. The molecule has 0 aliphatic heterocycles. The highest BCUT2D eigenvalue weighted by molar-refractivity contribution is 5.76. The maximum atomic E-state index is 11.5. The molecule has 0 fully saturated rings. The third-order valence-corrected chi connectivity index (χ3v) is 2.24. The third-order valence-electron chi connectivity index (χ3n) is 2.24. The first-order chi connectivity index (χ1) is 9.42. The Hall–Kier alpha value is -2.16. The van der Waals surface area contributed by atoms with Crippen LogP contribution in [0.5, 0.6) is 0 Å². The summed E-state index contributed by atoms with van der Waals surface area (Å²) in [7, 11) is 3.63. The van der Waals surface area contributed by atoms with Crippen molar-refractivity contribution in [3.63, 3.8) is 0 Å². The van der Waals surface area contributed by atoms with Crippen molar-refractivity contribution in [2.75, 3.05) is 36.3 Å². The van der Waals surface area contributed by atoms with Crippen molar-refractivity contribution in [3.8, 4) is 0 Å². The summed E-state index contributed by atoms with van der Waals surface area (Å²) in [6.07, 6.45) is 0.340. The summed E-state index contributed by atoms with van der Waals surface area (Å²) in [4.78, 5) is 25.6. The number of hydrazine groups is 1. The van der Waals surface area contributed by atoms with Gasteiger partial charge in [-0.1, -0.05) is 0 Å². The number of amides is 1. The van der Waals surface area contributed by atoms with Crippen molar-refractivity contribution < 1.29 is 4.79 Å². The van der Waals surface area contributed by atoms with E-state index in [1.54, 1.807) is 4.90 Å². The van der Waals surface area contributed by atoms with E-state index in [9.17, 15) is 4.79 Å². The lowest BCUT2D eigenvalue weighted by atomic mass is 10.3. The van der Waals surface area contributed by atoms with Gasteiger partial charge in [0.2, 0.25) is 23.8 Å². The maximum absolute atomic E-state index is 11.5. The minimum absolute atomic E-state index is 0.0217. The van der Waals surface area contributed by atoms with Crippen molar-refractivity contribution in [1.29, 1.82) is 0 Å². The first-order valence-corrected chi connectivity index (χ1v) is 6.35. The van der Waals surface area contributed by atoms with Gasteiger partial charge in [-0.05, 0) is 13.8 Å². The van der Waals surface area contributed by atoms with Crippen molar-refractivity contribution in [3.05, 3.63) is 0 Å². The Morgan fingerprint density at radius 2 is 1.90 bits per heavy atom. The molecule has 0 atom stereocenters. The fourth-order valence-electron chi connectivity index (χ4n) is 1.39. The first kappa shape index (κ1) is 15.9. The van der Waals surface area contributed by atoms with E-state index in [0.717, 1.165) is 0 Å². The summed E-state index contributed by atoms with van der Waals surface area (Å²) in [5.74, 6) is 6.39. The van der Waals surface area contributed by atoms with Gasteiger partial charge >= 0.3 is 0 Å². The number of nitrogens with two attached hydrogens (primary N) is 1. The molecule has 0 saturated heterocycles. The molecule has 0 aromatic carbocycles. The number of hydrogen-bond donors (Lipinski definition) is 4. The van der Waals surface area contributed by atoms with Gasteiger partial charge in [0.25, 0.3) is 0 Å². The van der Waals surface area contributed by atoms with Crippen molar-refractivity contribution in [2.24, 2.45) is 5.84 Å². The van der Waals surface area contributed by atoms with E-state index in [1.807, 2.05) is 27.9 Å². The van der Waals surface area contributed by atoms with E-state index >= 15 is 0 Å². The molecule has 9 heteroatoms. The van der Waals surface area contributed by atoms with E-state index in [-0.39, 0.29) is 17.9 Å². The molecule has 112 valence electrons. The highest BCUT2D eigenvalue weighted by atomic mass is 16.1. The average molecular weight is 282 g/mol. The number of carbonyl (C=O) groups is 1. The van der Waals surface area contributed by atoms with Crippen LogP contribution in [0.4, 0.5) is 17.8 Å². The predicted molar refractivity (Wildman–Crippen MR) is 78.3 cm³/mol. The Bertz CT molecular complexity index is 448. The lowest BCUT2D eigenvalue weighted by Gasteiger charge is -2.13. The second-order valence-corrected chi connectivity index (χ2v) is 4.72. The molecule has 20 heavy (non-hydrogen) atoms. The van der Waals surface area contributed by atoms with Crippen LogP contribution in [0.2, 0.25) is 0 Å². The second-order valence-electron chi connectivity index (χ2n) is 4.72. The Labute approximate surface area is 118 Å². The summed E-state index contributed by atoms with van der Waals surface area (Å²) < 4.78 is 0. The number of anilines is 3. The molecule has 0 spiro atoms. The Morgan fingerprint density at radius 1 is 1.25 bits per heavy atom. The zero-order chi connectivity index (χ0) is 15.1. The Kier molecular flexibility index (Phi) is 5.91. The largest absolute Gasteiger partial charge is 0.354 e. The SMILES string of the molecule is CC(C)NC(=O)CCNc1nc(NN)nc(N(C)C)n1. The van der Waals surface area contributed by atoms with Crippen LogP contribution >= 0.6 is 0 Å². The van der Waals surface area contributed by atoms with Gasteiger partial charge in [0.1, 0.15) is 0 Å². The smallest absolute Gasteiger partial charge is 0.243 e. The van der Waals surface area contributed by atoms with Crippen molar-refractivity contribution >= 4 is 23.8 Å². The van der Waals surface area contributed by atoms with Crippen molar-refractivity contribution in [1.82, 2.24) is 20.3 Å². The molecule has 1 aromatic heterocycles. The molecule has 0 bridgehead atoms. The number of nitrogens with zero attached hydrogens (tertiary/aromatic N) is 4. The minimum atomic E-state index is -0.0217. The minimum Gasteiger partial charge on any atom is -0.354 e. The van der Waals surface area contributed by atoms with Crippen LogP contribution in [-0.2, 0) is 4.79 Å². The van der Waals surface area contributed by atoms with E-state index in [1.165, 1.54) is 0 Å². The monoisotopic (exact) mass is 282 g/mol. The summed E-state index contributed by atoms with van der Waals surface area (Å²) >= 11 is 0. The average Bonchev–Trinajstić information content (AvgIpc) is 2.37. The summed E-state index contributed by atoms with van der Waals surface area (Å²) in [6.45, 7) is 4.26. The van der Waals surface area contributed by atoms with Gasteiger partial charge in [-0.15, -0.1) is 0 Å². The van der Waals surface area contributed by atoms with Crippen LogP contribution in [0.15, 0.2) is 0 Å². The van der Waals surface area contributed by atoms with Gasteiger partial charge in [-0.2, -0.15) is 15.0 Å². The van der Waals surface area contributed by atoms with Gasteiger partial charge in [0.05, 0.1) is 0 Å². The van der Waals surface area contributed by atoms with Gasteiger partial charge in [-0.3, -0.25) is 10.2 Å². The van der Waals surface area contributed by atoms with Crippen LogP contribution in [0.1, 0.15) is 20.3 Å². The summed E-state index contributed by atoms with van der Waals surface area (Å²) in [6, 6.07) is 0.132. The van der Waals surface area contributed by atoms with Crippen molar-refractivity contribution in [2.45, 2.75) is 26.3 Å². The molecular weight excluding hydrogens is 260 g/mol. The number of nitrogen functional groups attached to an aromatic ring is 1. The quantitative estimate of drug-likeness (QED) is 0.392. The summed E-state index contributed by atoms with van der Waals surface area (Å²) in [5, 5.41) is 5.78. The molecule has 0 radical (unpaired) electrons. The van der Waals surface area contributed by atoms with Gasteiger partial charge < -0.3 is 15.5 Å². The highest BCUT2D eigenvalue weighted by Gasteiger charge is 2.08. The van der Waals surface area contributed by atoms with Gasteiger partial charge in [0.15, 0.2) is 0 Å². The number of nitrogens with one attached hydrogen (secondary N) is 3. The van der Waals surface area contributed by atoms with Gasteiger partial charge in [-0.25, -0.2) is 5.84 Å². The Balaban J connectivity index is 2.59. The molecule has 1 amide bonds.